The number of nitrogens with zero attached hydrogens (tertiary/aromatic N) is 1. The van der Waals surface area contributed by atoms with E-state index in [0.717, 1.165) is 26.3 Å². The fourth-order valence-corrected chi connectivity index (χ4v) is 3.24. The first-order chi connectivity index (χ1) is 13.5. The molecular formula is C21H27FN2O4. The van der Waals surface area contributed by atoms with Crippen LogP contribution in [-0.2, 0) is 11.3 Å². The number of rotatable bonds is 8. The zero-order valence-corrected chi connectivity index (χ0v) is 16.3. The SMILES string of the molecule is CC(C)C(CNC(=O)c1ccc(COc2ccc(F)cc2)o1)N1CCOCC1. The monoisotopic (exact) mass is 390 g/mol. The third-order valence-corrected chi connectivity index (χ3v) is 4.84. The highest BCUT2D eigenvalue weighted by Crippen LogP contribution is 2.16. The number of benzene rings is 1. The lowest BCUT2D eigenvalue weighted by molar-refractivity contribution is 0.00665. The van der Waals surface area contributed by atoms with Gasteiger partial charge in [-0.3, -0.25) is 9.69 Å². The van der Waals surface area contributed by atoms with Crippen LogP contribution in [-0.4, -0.2) is 49.7 Å². The van der Waals surface area contributed by atoms with E-state index in [2.05, 4.69) is 24.1 Å². The van der Waals surface area contributed by atoms with Crippen molar-refractivity contribution in [2.75, 3.05) is 32.8 Å². The molecule has 0 radical (unpaired) electrons. The molecule has 0 saturated carbocycles. The maximum Gasteiger partial charge on any atom is 0.287 e. The standard InChI is InChI=1S/C21H27FN2O4/c1-15(2)19(24-9-11-26-12-10-24)13-23-21(25)20-8-7-18(28-20)14-27-17-5-3-16(22)4-6-17/h3-8,15,19H,9-14H2,1-2H3,(H,23,25). The fraction of sp³-hybridized carbons (Fsp3) is 0.476. The van der Waals surface area contributed by atoms with Crippen molar-refractivity contribution in [3.05, 3.63) is 53.7 Å². The molecule has 152 valence electrons. The molecule has 1 atom stereocenters. The van der Waals surface area contributed by atoms with Crippen LogP contribution in [0.3, 0.4) is 0 Å². The number of carbonyl (C=O) groups excluding carboxylic acids is 1. The highest BCUT2D eigenvalue weighted by Gasteiger charge is 2.24. The molecule has 7 heteroatoms. The van der Waals surface area contributed by atoms with Gasteiger partial charge in [0.05, 0.1) is 13.2 Å². The molecule has 2 heterocycles. The van der Waals surface area contributed by atoms with Crippen molar-refractivity contribution in [1.82, 2.24) is 10.2 Å². The van der Waals surface area contributed by atoms with E-state index < -0.39 is 0 Å². The maximum absolute atomic E-state index is 12.9. The molecule has 1 aromatic heterocycles. The molecule has 0 aliphatic carbocycles. The molecule has 28 heavy (non-hydrogen) atoms. The molecule has 0 spiro atoms. The molecule has 1 unspecified atom stereocenters. The van der Waals surface area contributed by atoms with Gasteiger partial charge in [0.15, 0.2) is 5.76 Å². The number of hydrogen-bond donors (Lipinski definition) is 1. The number of ether oxygens (including phenoxy) is 2. The average molecular weight is 390 g/mol. The number of furan rings is 1. The molecular weight excluding hydrogens is 363 g/mol. The van der Waals surface area contributed by atoms with Crippen LogP contribution in [0.5, 0.6) is 5.75 Å². The number of amides is 1. The molecule has 1 aliphatic rings. The van der Waals surface area contributed by atoms with Gasteiger partial charge in [-0.25, -0.2) is 4.39 Å². The Morgan fingerprint density at radius 2 is 1.89 bits per heavy atom. The molecule has 1 N–H and O–H groups in total. The van der Waals surface area contributed by atoms with E-state index in [1.165, 1.54) is 12.1 Å². The van der Waals surface area contributed by atoms with Gasteiger partial charge in [0.1, 0.15) is 23.9 Å². The Bertz CT molecular complexity index is 754. The summed E-state index contributed by atoms with van der Waals surface area (Å²) in [4.78, 5) is 14.8. The molecule has 6 nitrogen and oxygen atoms in total. The lowest BCUT2D eigenvalue weighted by Gasteiger charge is -2.36. The summed E-state index contributed by atoms with van der Waals surface area (Å²) in [7, 11) is 0. The van der Waals surface area contributed by atoms with Crippen LogP contribution in [0.1, 0.15) is 30.2 Å². The Kier molecular flexibility index (Phi) is 7.06. The van der Waals surface area contributed by atoms with Crippen LogP contribution in [0.4, 0.5) is 4.39 Å². The Balaban J connectivity index is 1.50. The minimum Gasteiger partial charge on any atom is -0.486 e. The third kappa shape index (κ3) is 5.56. The summed E-state index contributed by atoms with van der Waals surface area (Å²) in [6.07, 6.45) is 0. The zero-order chi connectivity index (χ0) is 19.9. The van der Waals surface area contributed by atoms with Crippen molar-refractivity contribution in [1.29, 1.82) is 0 Å². The average Bonchev–Trinajstić information content (AvgIpc) is 3.17. The Hall–Kier alpha value is -2.38. The van der Waals surface area contributed by atoms with Gasteiger partial charge in [0.2, 0.25) is 0 Å². The quantitative estimate of drug-likeness (QED) is 0.751. The van der Waals surface area contributed by atoms with Crippen LogP contribution >= 0.6 is 0 Å². The van der Waals surface area contributed by atoms with Gasteiger partial charge in [-0.05, 0) is 42.3 Å². The second-order valence-corrected chi connectivity index (χ2v) is 7.18. The second-order valence-electron chi connectivity index (χ2n) is 7.18. The first-order valence-electron chi connectivity index (χ1n) is 9.60. The number of morpholine rings is 1. The van der Waals surface area contributed by atoms with Crippen LogP contribution in [0, 0.1) is 11.7 Å². The Labute approximate surface area is 164 Å². The highest BCUT2D eigenvalue weighted by atomic mass is 19.1. The van der Waals surface area contributed by atoms with Crippen molar-refractivity contribution in [2.24, 2.45) is 5.92 Å². The number of hydrogen-bond acceptors (Lipinski definition) is 5. The summed E-state index contributed by atoms with van der Waals surface area (Å²) < 4.78 is 29.4. The largest absolute Gasteiger partial charge is 0.486 e. The van der Waals surface area contributed by atoms with Gasteiger partial charge in [-0.15, -0.1) is 0 Å². The number of halogens is 1. The lowest BCUT2D eigenvalue weighted by atomic mass is 10.0. The molecule has 1 amide bonds. The van der Waals surface area contributed by atoms with E-state index >= 15 is 0 Å². The predicted octanol–water partition coefficient (Wildman–Crippen LogP) is 3.08. The molecule has 2 aromatic rings. The molecule has 3 rings (SSSR count). The first kappa shape index (κ1) is 20.4. The zero-order valence-electron chi connectivity index (χ0n) is 16.3. The third-order valence-electron chi connectivity index (χ3n) is 4.84. The molecule has 1 aromatic carbocycles. The molecule has 1 saturated heterocycles. The van der Waals surface area contributed by atoms with Crippen molar-refractivity contribution >= 4 is 5.91 Å². The highest BCUT2D eigenvalue weighted by molar-refractivity contribution is 5.91. The van der Waals surface area contributed by atoms with Gasteiger partial charge in [0, 0.05) is 25.7 Å². The van der Waals surface area contributed by atoms with Gasteiger partial charge in [-0.2, -0.15) is 0 Å². The van der Waals surface area contributed by atoms with E-state index in [9.17, 15) is 9.18 Å². The molecule has 0 bridgehead atoms. The Morgan fingerprint density at radius 1 is 1.18 bits per heavy atom. The van der Waals surface area contributed by atoms with Gasteiger partial charge < -0.3 is 19.2 Å². The number of nitrogens with one attached hydrogen (secondary N) is 1. The van der Waals surface area contributed by atoms with Crippen molar-refractivity contribution in [2.45, 2.75) is 26.5 Å². The van der Waals surface area contributed by atoms with Gasteiger partial charge in [-0.1, -0.05) is 13.8 Å². The summed E-state index contributed by atoms with van der Waals surface area (Å²) in [5, 5.41) is 2.97. The summed E-state index contributed by atoms with van der Waals surface area (Å²) >= 11 is 0. The summed E-state index contributed by atoms with van der Waals surface area (Å²) in [5.41, 5.74) is 0. The lowest BCUT2D eigenvalue weighted by Crippen LogP contribution is -2.51. The van der Waals surface area contributed by atoms with E-state index in [1.54, 1.807) is 24.3 Å². The topological polar surface area (TPSA) is 63.9 Å². The van der Waals surface area contributed by atoms with Crippen LogP contribution in [0.25, 0.3) is 0 Å². The minimum absolute atomic E-state index is 0.168. The fourth-order valence-electron chi connectivity index (χ4n) is 3.24. The summed E-state index contributed by atoms with van der Waals surface area (Å²) in [6.45, 7) is 8.25. The van der Waals surface area contributed by atoms with Crippen molar-refractivity contribution in [3.8, 4) is 5.75 Å². The van der Waals surface area contributed by atoms with E-state index in [-0.39, 0.29) is 30.1 Å². The van der Waals surface area contributed by atoms with E-state index in [4.69, 9.17) is 13.9 Å². The second kappa shape index (κ2) is 9.71. The van der Waals surface area contributed by atoms with E-state index in [0.29, 0.717) is 24.0 Å². The summed E-state index contributed by atoms with van der Waals surface area (Å²) in [5.74, 6) is 1.17. The van der Waals surface area contributed by atoms with Crippen molar-refractivity contribution in [3.63, 3.8) is 0 Å². The molecule has 1 fully saturated rings. The Morgan fingerprint density at radius 3 is 2.57 bits per heavy atom. The minimum atomic E-state index is -0.318. The van der Waals surface area contributed by atoms with Crippen LogP contribution in [0.15, 0.2) is 40.8 Å². The van der Waals surface area contributed by atoms with Crippen LogP contribution < -0.4 is 10.1 Å². The van der Waals surface area contributed by atoms with Gasteiger partial charge in [0.25, 0.3) is 5.91 Å². The first-order valence-corrected chi connectivity index (χ1v) is 9.60. The van der Waals surface area contributed by atoms with E-state index in [1.807, 2.05) is 0 Å². The normalized spacial score (nSPS) is 16.1. The predicted molar refractivity (Wildman–Crippen MR) is 103 cm³/mol. The molecule has 1 aliphatic heterocycles. The number of carbonyl (C=O) groups is 1. The maximum atomic E-state index is 12.9. The van der Waals surface area contributed by atoms with Crippen LogP contribution in [0.2, 0.25) is 0 Å². The summed E-state index contributed by atoms with van der Waals surface area (Å²) in [6, 6.07) is 9.35. The van der Waals surface area contributed by atoms with Crippen molar-refractivity contribution < 1.29 is 23.1 Å². The smallest absolute Gasteiger partial charge is 0.287 e. The van der Waals surface area contributed by atoms with Gasteiger partial charge >= 0.3 is 0 Å².